The van der Waals surface area contributed by atoms with Crippen molar-refractivity contribution in [2.45, 2.75) is 25.0 Å². The zero-order chi connectivity index (χ0) is 22.6. The maximum atomic E-state index is 13.5. The summed E-state index contributed by atoms with van der Waals surface area (Å²) in [6.07, 6.45) is -0.973. The maximum absolute atomic E-state index is 13.5. The Morgan fingerprint density at radius 1 is 1.00 bits per heavy atom. The van der Waals surface area contributed by atoms with Crippen LogP contribution in [0.5, 0.6) is 0 Å². The van der Waals surface area contributed by atoms with Crippen LogP contribution in [0.3, 0.4) is 0 Å². The van der Waals surface area contributed by atoms with Gasteiger partial charge < -0.3 is 4.90 Å². The highest BCUT2D eigenvalue weighted by atomic mass is 19.1. The zero-order valence-corrected chi connectivity index (χ0v) is 17.6. The lowest BCUT2D eigenvalue weighted by atomic mass is 10.1. The molecule has 5 rings (SSSR count). The molecule has 3 amide bonds. The first-order valence-electron chi connectivity index (χ1n) is 10.2. The van der Waals surface area contributed by atoms with Gasteiger partial charge in [-0.15, -0.1) is 0 Å². The molecule has 166 valence electrons. The molecule has 0 saturated carbocycles. The van der Waals surface area contributed by atoms with Gasteiger partial charge >= 0.3 is 6.03 Å². The van der Waals surface area contributed by atoms with E-state index in [1.54, 1.807) is 36.3 Å². The summed E-state index contributed by atoms with van der Waals surface area (Å²) in [6, 6.07) is 11.2. The minimum Gasteiger partial charge on any atom is -0.310 e. The first kappa shape index (κ1) is 20.5. The molecule has 3 atom stereocenters. The molecule has 3 aliphatic rings. The molecule has 2 saturated heterocycles. The molecule has 0 aliphatic carbocycles. The van der Waals surface area contributed by atoms with Crippen LogP contribution < -0.4 is 5.32 Å². The van der Waals surface area contributed by atoms with Crippen molar-refractivity contribution in [3.8, 4) is 0 Å². The number of hydrazone groups is 1. The Balaban J connectivity index is 1.53. The molecule has 10 heteroatoms. The number of benzene rings is 2. The van der Waals surface area contributed by atoms with Crippen molar-refractivity contribution in [2.24, 2.45) is 5.10 Å². The molecule has 2 aromatic carbocycles. The number of nitrogens with one attached hydrogen (secondary N) is 1. The quantitative estimate of drug-likeness (QED) is 0.785. The first-order chi connectivity index (χ1) is 15.3. The third kappa shape index (κ3) is 3.32. The number of amides is 3. The van der Waals surface area contributed by atoms with E-state index in [9.17, 15) is 18.4 Å². The fourth-order valence-electron chi connectivity index (χ4n) is 4.47. The minimum absolute atomic E-state index is 0.296. The summed E-state index contributed by atoms with van der Waals surface area (Å²) in [5, 5.41) is 9.92. The Morgan fingerprint density at radius 3 is 2.28 bits per heavy atom. The average Bonchev–Trinajstić information content (AvgIpc) is 3.18. The van der Waals surface area contributed by atoms with E-state index >= 15 is 0 Å². The van der Waals surface area contributed by atoms with Crippen molar-refractivity contribution in [3.05, 3.63) is 71.3 Å². The largest absolute Gasteiger partial charge is 0.327 e. The number of nitrogens with zero attached hydrogens (tertiary/aromatic N) is 5. The standard InChI is InChI=1S/C22H22F2N6O2/c1-27-19-18(20(31)28(2)22(27)32)29-12-17(14-5-9-16(24)10-6-14)26-30(21(29)25-19)11-13-3-7-15(23)8-4-13/h3-10,18-19,21,25H,11-12H2,1-2H3. The Bertz CT molecular complexity index is 1090. The van der Waals surface area contributed by atoms with Crippen molar-refractivity contribution >= 4 is 17.6 Å². The van der Waals surface area contributed by atoms with Gasteiger partial charge in [0.25, 0.3) is 5.91 Å². The predicted octanol–water partition coefficient (Wildman–Crippen LogP) is 1.59. The van der Waals surface area contributed by atoms with Gasteiger partial charge in [0.2, 0.25) is 0 Å². The van der Waals surface area contributed by atoms with Crippen LogP contribution in [0.2, 0.25) is 0 Å². The smallest absolute Gasteiger partial charge is 0.310 e. The van der Waals surface area contributed by atoms with E-state index in [1.165, 1.54) is 36.2 Å². The van der Waals surface area contributed by atoms with Gasteiger partial charge in [0.15, 0.2) is 6.29 Å². The van der Waals surface area contributed by atoms with E-state index in [1.807, 2.05) is 4.90 Å². The van der Waals surface area contributed by atoms with Crippen LogP contribution in [0, 0.1) is 11.6 Å². The Kier molecular flexibility index (Phi) is 4.90. The summed E-state index contributed by atoms with van der Waals surface area (Å²) in [5.74, 6) is -0.975. The number of fused-ring (bicyclic) bond motifs is 3. The molecule has 8 nitrogen and oxygen atoms in total. The van der Waals surface area contributed by atoms with Gasteiger partial charge in [-0.1, -0.05) is 24.3 Å². The molecule has 3 heterocycles. The number of rotatable bonds is 3. The summed E-state index contributed by atoms with van der Waals surface area (Å²) in [6.45, 7) is 0.687. The number of carbonyl (C=O) groups excluding carboxylic acids is 2. The van der Waals surface area contributed by atoms with E-state index in [-0.39, 0.29) is 23.6 Å². The van der Waals surface area contributed by atoms with E-state index in [0.29, 0.717) is 18.8 Å². The number of urea groups is 1. The molecule has 32 heavy (non-hydrogen) atoms. The number of likely N-dealkylation sites (N-methyl/N-ethyl adjacent to an activating group) is 2. The Labute approximate surface area is 183 Å². The molecule has 0 bridgehead atoms. The molecule has 0 aromatic heterocycles. The zero-order valence-electron chi connectivity index (χ0n) is 17.6. The van der Waals surface area contributed by atoms with Crippen LogP contribution >= 0.6 is 0 Å². The van der Waals surface area contributed by atoms with Crippen molar-refractivity contribution in [1.29, 1.82) is 0 Å². The van der Waals surface area contributed by atoms with Crippen LogP contribution in [-0.2, 0) is 11.3 Å². The lowest BCUT2D eigenvalue weighted by Gasteiger charge is -2.41. The third-order valence-electron chi connectivity index (χ3n) is 6.18. The second kappa shape index (κ2) is 7.64. The van der Waals surface area contributed by atoms with E-state index in [4.69, 9.17) is 5.10 Å². The first-order valence-corrected chi connectivity index (χ1v) is 10.2. The summed E-state index contributed by atoms with van der Waals surface area (Å²) in [5.41, 5.74) is 2.24. The molecule has 0 radical (unpaired) electrons. The van der Waals surface area contributed by atoms with Crippen LogP contribution in [0.15, 0.2) is 53.6 Å². The van der Waals surface area contributed by atoms with Crippen LogP contribution in [0.1, 0.15) is 11.1 Å². The van der Waals surface area contributed by atoms with Gasteiger partial charge in [0.1, 0.15) is 23.8 Å². The summed E-state index contributed by atoms with van der Waals surface area (Å²) < 4.78 is 26.9. The molecule has 2 fully saturated rings. The van der Waals surface area contributed by atoms with Gasteiger partial charge in [0.05, 0.1) is 12.3 Å². The minimum atomic E-state index is -0.602. The van der Waals surface area contributed by atoms with Crippen LogP contribution in [0.25, 0.3) is 0 Å². The summed E-state index contributed by atoms with van der Waals surface area (Å²) >= 11 is 0. The highest BCUT2D eigenvalue weighted by Gasteiger charge is 2.55. The van der Waals surface area contributed by atoms with Gasteiger partial charge in [0, 0.05) is 20.6 Å². The van der Waals surface area contributed by atoms with E-state index in [0.717, 1.165) is 16.0 Å². The second-order valence-electron chi connectivity index (χ2n) is 8.17. The maximum Gasteiger partial charge on any atom is 0.327 e. The van der Waals surface area contributed by atoms with Gasteiger partial charge in [-0.25, -0.2) is 18.5 Å². The van der Waals surface area contributed by atoms with Crippen molar-refractivity contribution in [2.75, 3.05) is 20.6 Å². The highest BCUT2D eigenvalue weighted by Crippen LogP contribution is 2.31. The lowest BCUT2D eigenvalue weighted by molar-refractivity contribution is -0.137. The SMILES string of the molecule is CN1C(=O)C2C(NC3N(Cc4ccc(F)cc4)N=C(c4ccc(F)cc4)CN23)N(C)C1=O. The number of imide groups is 1. The van der Waals surface area contributed by atoms with Crippen LogP contribution in [0.4, 0.5) is 13.6 Å². The lowest BCUT2D eigenvalue weighted by Crippen LogP contribution is -2.65. The number of carbonyl (C=O) groups is 2. The van der Waals surface area contributed by atoms with Crippen molar-refractivity contribution in [1.82, 2.24) is 25.0 Å². The average molecular weight is 440 g/mol. The van der Waals surface area contributed by atoms with Crippen molar-refractivity contribution < 1.29 is 18.4 Å². The predicted molar refractivity (Wildman–Crippen MR) is 112 cm³/mol. The molecule has 3 unspecified atom stereocenters. The van der Waals surface area contributed by atoms with Crippen molar-refractivity contribution in [3.63, 3.8) is 0 Å². The summed E-state index contributed by atoms with van der Waals surface area (Å²) in [4.78, 5) is 30.1. The molecule has 3 aliphatic heterocycles. The molecule has 2 aromatic rings. The molecule has 0 spiro atoms. The van der Waals surface area contributed by atoms with E-state index in [2.05, 4.69) is 5.32 Å². The normalized spacial score (nSPS) is 25.7. The number of hydrogen-bond acceptors (Lipinski definition) is 6. The highest BCUT2D eigenvalue weighted by molar-refractivity contribution is 6.04. The fourth-order valence-corrected chi connectivity index (χ4v) is 4.47. The number of hydrogen-bond donors (Lipinski definition) is 1. The van der Waals surface area contributed by atoms with E-state index < -0.39 is 18.5 Å². The fraction of sp³-hybridized carbons (Fsp3) is 0.318. The number of halogens is 2. The van der Waals surface area contributed by atoms with Gasteiger partial charge in [-0.05, 0) is 35.4 Å². The molecule has 1 N–H and O–H groups in total. The third-order valence-corrected chi connectivity index (χ3v) is 6.18. The van der Waals surface area contributed by atoms with Crippen LogP contribution in [-0.4, -0.2) is 76.5 Å². The second-order valence-corrected chi connectivity index (χ2v) is 8.17. The molecular formula is C22H22F2N6O2. The monoisotopic (exact) mass is 440 g/mol. The van der Waals surface area contributed by atoms with Gasteiger partial charge in [-0.2, -0.15) is 5.10 Å². The Hall–Kier alpha value is -3.37. The molecular weight excluding hydrogens is 418 g/mol. The summed E-state index contributed by atoms with van der Waals surface area (Å²) in [7, 11) is 3.13. The topological polar surface area (TPSA) is 71.5 Å². The Morgan fingerprint density at radius 2 is 1.62 bits per heavy atom. The van der Waals surface area contributed by atoms with Gasteiger partial charge in [-0.3, -0.25) is 20.0 Å².